The van der Waals surface area contributed by atoms with E-state index in [1.165, 1.54) is 6.33 Å². The summed E-state index contributed by atoms with van der Waals surface area (Å²) in [7, 11) is 0. The SMILES string of the molecule is Cc1ccc2cccc(Nc3ncnc(Nc4ncc(C(F)(F)F)cc4Cl)c3N)c2n1. The van der Waals surface area contributed by atoms with E-state index in [0.717, 1.165) is 22.7 Å². The van der Waals surface area contributed by atoms with Crippen molar-refractivity contribution >= 4 is 51.3 Å². The van der Waals surface area contributed by atoms with Crippen LogP contribution in [0.25, 0.3) is 10.9 Å². The second-order valence-corrected chi connectivity index (χ2v) is 7.02. The van der Waals surface area contributed by atoms with Crippen LogP contribution in [0.15, 0.2) is 48.9 Å². The number of hydrogen-bond donors (Lipinski definition) is 3. The van der Waals surface area contributed by atoms with Crippen LogP contribution < -0.4 is 16.4 Å². The Morgan fingerprint density at radius 1 is 0.968 bits per heavy atom. The smallest absolute Gasteiger partial charge is 0.393 e. The van der Waals surface area contributed by atoms with Crippen LogP contribution in [-0.4, -0.2) is 19.9 Å². The molecular formula is C20H15ClF3N7. The van der Waals surface area contributed by atoms with Gasteiger partial charge in [-0.25, -0.2) is 15.0 Å². The number of anilines is 5. The Labute approximate surface area is 179 Å². The maximum atomic E-state index is 12.8. The number of nitrogens with one attached hydrogen (secondary N) is 2. The van der Waals surface area contributed by atoms with E-state index in [2.05, 4.69) is 30.6 Å². The molecule has 0 atom stereocenters. The monoisotopic (exact) mass is 445 g/mol. The number of para-hydroxylation sites is 1. The second-order valence-electron chi connectivity index (χ2n) is 6.62. The summed E-state index contributed by atoms with van der Waals surface area (Å²) in [5.41, 5.74) is 7.62. The zero-order valence-electron chi connectivity index (χ0n) is 16.0. The molecule has 4 rings (SSSR count). The molecule has 0 saturated heterocycles. The third kappa shape index (κ3) is 4.29. The summed E-state index contributed by atoms with van der Waals surface area (Å²) >= 11 is 5.95. The number of hydrogen-bond acceptors (Lipinski definition) is 7. The van der Waals surface area contributed by atoms with Gasteiger partial charge in [0.25, 0.3) is 0 Å². The van der Waals surface area contributed by atoms with Crippen LogP contribution in [0.1, 0.15) is 11.3 Å². The highest BCUT2D eigenvalue weighted by Crippen LogP contribution is 2.35. The number of aryl methyl sites for hydroxylation is 1. The minimum Gasteiger partial charge on any atom is -0.393 e. The van der Waals surface area contributed by atoms with E-state index in [0.29, 0.717) is 11.9 Å². The highest BCUT2D eigenvalue weighted by atomic mass is 35.5. The number of benzene rings is 1. The zero-order valence-corrected chi connectivity index (χ0v) is 16.8. The Morgan fingerprint density at radius 3 is 2.42 bits per heavy atom. The summed E-state index contributed by atoms with van der Waals surface area (Å²) in [6, 6.07) is 10.3. The molecule has 11 heteroatoms. The van der Waals surface area contributed by atoms with E-state index in [9.17, 15) is 13.2 Å². The molecule has 158 valence electrons. The molecule has 0 aliphatic rings. The lowest BCUT2D eigenvalue weighted by molar-refractivity contribution is -0.137. The van der Waals surface area contributed by atoms with Gasteiger partial charge in [-0.2, -0.15) is 13.2 Å². The maximum Gasteiger partial charge on any atom is 0.417 e. The summed E-state index contributed by atoms with van der Waals surface area (Å²) in [6.45, 7) is 1.89. The summed E-state index contributed by atoms with van der Waals surface area (Å²) in [5.74, 6) is 0.404. The Morgan fingerprint density at radius 2 is 1.71 bits per heavy atom. The molecule has 0 aliphatic heterocycles. The molecule has 0 aliphatic carbocycles. The molecule has 1 aromatic carbocycles. The van der Waals surface area contributed by atoms with Crippen LogP contribution in [-0.2, 0) is 6.18 Å². The van der Waals surface area contributed by atoms with E-state index in [4.69, 9.17) is 17.3 Å². The Bertz CT molecular complexity index is 1280. The number of rotatable bonds is 4. The van der Waals surface area contributed by atoms with Crippen molar-refractivity contribution in [3.05, 3.63) is 65.2 Å². The predicted molar refractivity (Wildman–Crippen MR) is 114 cm³/mol. The van der Waals surface area contributed by atoms with Crippen molar-refractivity contribution in [2.45, 2.75) is 13.1 Å². The minimum atomic E-state index is -4.55. The molecule has 3 aromatic heterocycles. The molecule has 0 bridgehead atoms. The first kappa shape index (κ1) is 20.6. The maximum absolute atomic E-state index is 12.8. The van der Waals surface area contributed by atoms with Gasteiger partial charge in [0.05, 0.1) is 21.8 Å². The fraction of sp³-hybridized carbons (Fsp3) is 0.100. The van der Waals surface area contributed by atoms with Gasteiger partial charge in [0.15, 0.2) is 11.6 Å². The molecule has 4 aromatic rings. The number of alkyl halides is 3. The van der Waals surface area contributed by atoms with Gasteiger partial charge in [0.1, 0.15) is 17.8 Å². The van der Waals surface area contributed by atoms with Gasteiger partial charge < -0.3 is 16.4 Å². The first-order chi connectivity index (χ1) is 14.7. The molecule has 0 amide bonds. The third-order valence-electron chi connectivity index (χ3n) is 4.40. The molecule has 3 heterocycles. The van der Waals surface area contributed by atoms with Gasteiger partial charge in [0, 0.05) is 17.3 Å². The van der Waals surface area contributed by atoms with Crippen LogP contribution in [0, 0.1) is 6.92 Å². The lowest BCUT2D eigenvalue weighted by atomic mass is 10.1. The van der Waals surface area contributed by atoms with Gasteiger partial charge >= 0.3 is 6.18 Å². The highest BCUT2D eigenvalue weighted by Gasteiger charge is 2.31. The lowest BCUT2D eigenvalue weighted by Gasteiger charge is -2.14. The molecule has 0 unspecified atom stereocenters. The van der Waals surface area contributed by atoms with E-state index >= 15 is 0 Å². The quantitative estimate of drug-likeness (QED) is 0.383. The van der Waals surface area contributed by atoms with Gasteiger partial charge in [-0.1, -0.05) is 29.8 Å². The lowest BCUT2D eigenvalue weighted by Crippen LogP contribution is -2.08. The molecule has 0 saturated carbocycles. The molecule has 0 fully saturated rings. The van der Waals surface area contributed by atoms with Crippen molar-refractivity contribution in [3.8, 4) is 0 Å². The number of nitrogens with zero attached hydrogens (tertiary/aromatic N) is 4. The largest absolute Gasteiger partial charge is 0.417 e. The van der Waals surface area contributed by atoms with Crippen molar-refractivity contribution in [3.63, 3.8) is 0 Å². The van der Waals surface area contributed by atoms with Crippen LogP contribution in [0.5, 0.6) is 0 Å². The van der Waals surface area contributed by atoms with E-state index < -0.39 is 11.7 Å². The standard InChI is InChI=1S/C20H15ClF3N7/c1-10-5-6-11-3-2-4-14(16(11)29-10)30-18-15(25)19(28-9-27-18)31-17-13(21)7-12(8-26-17)20(22,23)24/h2-9H,25H2,1H3,(H2,26,27,28,30,31). The number of nitrogen functional groups attached to an aromatic ring is 1. The summed E-state index contributed by atoms with van der Waals surface area (Å²) in [4.78, 5) is 16.5. The minimum absolute atomic E-state index is 0.0199. The number of pyridine rings is 2. The normalized spacial score (nSPS) is 11.5. The van der Waals surface area contributed by atoms with Gasteiger partial charge in [-0.15, -0.1) is 0 Å². The van der Waals surface area contributed by atoms with Crippen LogP contribution in [0.4, 0.5) is 42.0 Å². The van der Waals surface area contributed by atoms with Crippen LogP contribution in [0.3, 0.4) is 0 Å². The van der Waals surface area contributed by atoms with E-state index in [1.54, 1.807) is 0 Å². The number of aromatic nitrogens is 4. The van der Waals surface area contributed by atoms with Crippen molar-refractivity contribution in [2.75, 3.05) is 16.4 Å². The van der Waals surface area contributed by atoms with Crippen molar-refractivity contribution in [1.82, 2.24) is 19.9 Å². The first-order valence-electron chi connectivity index (χ1n) is 8.96. The highest BCUT2D eigenvalue weighted by molar-refractivity contribution is 6.33. The number of nitrogens with two attached hydrogens (primary N) is 1. The molecule has 7 nitrogen and oxygen atoms in total. The summed E-state index contributed by atoms with van der Waals surface area (Å²) < 4.78 is 38.4. The molecule has 0 spiro atoms. The number of fused-ring (bicyclic) bond motifs is 1. The number of halogens is 4. The summed E-state index contributed by atoms with van der Waals surface area (Å²) in [5, 5.41) is 6.59. The molecule has 4 N–H and O–H groups in total. The zero-order chi connectivity index (χ0) is 22.2. The fourth-order valence-corrected chi connectivity index (χ4v) is 3.08. The second kappa shape index (κ2) is 7.88. The van der Waals surface area contributed by atoms with Crippen molar-refractivity contribution in [2.24, 2.45) is 0 Å². The topological polar surface area (TPSA) is 102 Å². The Hall–Kier alpha value is -3.66. The average molecular weight is 446 g/mol. The third-order valence-corrected chi connectivity index (χ3v) is 4.69. The van der Waals surface area contributed by atoms with Crippen LogP contribution in [0.2, 0.25) is 5.02 Å². The van der Waals surface area contributed by atoms with E-state index in [-0.39, 0.29) is 28.2 Å². The van der Waals surface area contributed by atoms with Gasteiger partial charge in [0.2, 0.25) is 0 Å². The summed E-state index contributed by atoms with van der Waals surface area (Å²) in [6.07, 6.45) is -2.62. The predicted octanol–water partition coefficient (Wildman–Crippen LogP) is 5.47. The van der Waals surface area contributed by atoms with Crippen molar-refractivity contribution < 1.29 is 13.2 Å². The van der Waals surface area contributed by atoms with Gasteiger partial charge in [-0.05, 0) is 25.1 Å². The molecule has 31 heavy (non-hydrogen) atoms. The Balaban J connectivity index is 1.65. The first-order valence-corrected chi connectivity index (χ1v) is 9.34. The fourth-order valence-electron chi connectivity index (χ4n) is 2.86. The van der Waals surface area contributed by atoms with Crippen LogP contribution >= 0.6 is 11.6 Å². The molecular weight excluding hydrogens is 431 g/mol. The van der Waals surface area contributed by atoms with Gasteiger partial charge in [-0.3, -0.25) is 4.98 Å². The average Bonchev–Trinajstić information content (AvgIpc) is 2.72. The Kier molecular flexibility index (Phi) is 5.24. The molecule has 0 radical (unpaired) electrons. The van der Waals surface area contributed by atoms with E-state index in [1.807, 2.05) is 37.3 Å². The van der Waals surface area contributed by atoms with Crippen molar-refractivity contribution in [1.29, 1.82) is 0 Å².